The lowest BCUT2D eigenvalue weighted by atomic mass is 10.1. The monoisotopic (exact) mass is 374 g/mol. The third kappa shape index (κ3) is 3.53. The molecule has 2 heterocycles. The first-order chi connectivity index (χ1) is 13.5. The van der Waals surface area contributed by atoms with Gasteiger partial charge in [-0.05, 0) is 48.7 Å². The van der Waals surface area contributed by atoms with E-state index >= 15 is 0 Å². The quantitative estimate of drug-likeness (QED) is 0.757. The molecule has 0 bridgehead atoms. The third-order valence-electron chi connectivity index (χ3n) is 5.01. The third-order valence-corrected chi connectivity index (χ3v) is 5.01. The highest BCUT2D eigenvalue weighted by molar-refractivity contribution is 6.04. The lowest BCUT2D eigenvalue weighted by molar-refractivity contribution is -0.119. The van der Waals surface area contributed by atoms with Gasteiger partial charge in [-0.15, -0.1) is 0 Å². The molecule has 6 nitrogen and oxygen atoms in total. The predicted octanol–water partition coefficient (Wildman–Crippen LogP) is 3.69. The number of nitrogens with zero attached hydrogens (tertiary/aromatic N) is 3. The summed E-state index contributed by atoms with van der Waals surface area (Å²) in [5.41, 5.74) is 4.49. The van der Waals surface area contributed by atoms with Crippen molar-refractivity contribution in [3.63, 3.8) is 0 Å². The van der Waals surface area contributed by atoms with Crippen LogP contribution in [0.3, 0.4) is 0 Å². The van der Waals surface area contributed by atoms with Gasteiger partial charge < -0.3 is 5.32 Å². The first-order valence-electron chi connectivity index (χ1n) is 9.31. The second-order valence-electron chi connectivity index (χ2n) is 7.11. The van der Waals surface area contributed by atoms with E-state index in [1.165, 1.54) is 0 Å². The molecular formula is C22H22N4O2. The fourth-order valence-electron chi connectivity index (χ4n) is 3.37. The van der Waals surface area contributed by atoms with Crippen molar-refractivity contribution in [3.8, 4) is 0 Å². The first-order valence-corrected chi connectivity index (χ1v) is 9.31. The molecule has 6 heteroatoms. The van der Waals surface area contributed by atoms with Gasteiger partial charge in [-0.1, -0.05) is 24.3 Å². The van der Waals surface area contributed by atoms with Crippen molar-refractivity contribution in [1.82, 2.24) is 9.78 Å². The van der Waals surface area contributed by atoms with E-state index in [9.17, 15) is 9.59 Å². The molecule has 3 aromatic rings. The summed E-state index contributed by atoms with van der Waals surface area (Å²) in [6, 6.07) is 15.2. The van der Waals surface area contributed by atoms with Crippen LogP contribution in [0, 0.1) is 13.8 Å². The molecular weight excluding hydrogens is 352 g/mol. The average molecular weight is 374 g/mol. The average Bonchev–Trinajstić information content (AvgIpc) is 3.16. The largest absolute Gasteiger partial charge is 0.322 e. The highest BCUT2D eigenvalue weighted by Gasteiger charge is 2.24. The fourth-order valence-corrected chi connectivity index (χ4v) is 3.37. The number of amides is 2. The Morgan fingerprint density at radius 1 is 1.11 bits per heavy atom. The topological polar surface area (TPSA) is 67.2 Å². The van der Waals surface area contributed by atoms with Crippen molar-refractivity contribution in [2.45, 2.75) is 33.4 Å². The van der Waals surface area contributed by atoms with Crippen LogP contribution in [0.1, 0.15) is 33.5 Å². The summed E-state index contributed by atoms with van der Waals surface area (Å²) in [5.74, 6) is 0.755. The Morgan fingerprint density at radius 3 is 2.68 bits per heavy atom. The molecule has 1 aliphatic rings. The smallest absolute Gasteiger partial charge is 0.255 e. The number of carbonyl (C=O) groups excluding carboxylic acids is 2. The van der Waals surface area contributed by atoms with Gasteiger partial charge in [-0.25, -0.2) is 4.68 Å². The molecule has 142 valence electrons. The van der Waals surface area contributed by atoms with Crippen LogP contribution in [0.2, 0.25) is 0 Å². The number of rotatable bonds is 4. The van der Waals surface area contributed by atoms with Crippen LogP contribution in [0.5, 0.6) is 0 Å². The van der Waals surface area contributed by atoms with Crippen LogP contribution in [0.25, 0.3) is 0 Å². The van der Waals surface area contributed by atoms with Gasteiger partial charge in [0.1, 0.15) is 5.82 Å². The molecule has 0 radical (unpaired) electrons. The van der Waals surface area contributed by atoms with Gasteiger partial charge in [-0.2, -0.15) is 5.10 Å². The summed E-state index contributed by atoms with van der Waals surface area (Å²) in [4.78, 5) is 26.6. The number of fused-ring (bicyclic) bond motifs is 1. The van der Waals surface area contributed by atoms with Gasteiger partial charge in [0.15, 0.2) is 0 Å². The highest BCUT2D eigenvalue weighted by Crippen LogP contribution is 2.23. The van der Waals surface area contributed by atoms with Crippen molar-refractivity contribution in [1.29, 1.82) is 0 Å². The van der Waals surface area contributed by atoms with E-state index in [-0.39, 0.29) is 11.8 Å². The molecule has 0 saturated heterocycles. The minimum atomic E-state index is -0.146. The molecule has 0 atom stereocenters. The molecule has 0 unspecified atom stereocenters. The van der Waals surface area contributed by atoms with Gasteiger partial charge in [0.25, 0.3) is 5.91 Å². The minimum absolute atomic E-state index is 0.0877. The van der Waals surface area contributed by atoms with Crippen LogP contribution in [0.15, 0.2) is 54.7 Å². The number of aryl methyl sites for hydroxylation is 3. The molecule has 0 fully saturated rings. The Kier molecular flexibility index (Phi) is 4.69. The van der Waals surface area contributed by atoms with Crippen LogP contribution in [-0.2, 0) is 17.9 Å². The Labute approximate surface area is 163 Å². The summed E-state index contributed by atoms with van der Waals surface area (Å²) >= 11 is 0. The molecule has 0 aliphatic carbocycles. The lowest BCUT2D eigenvalue weighted by Crippen LogP contribution is -2.36. The van der Waals surface area contributed by atoms with E-state index in [2.05, 4.69) is 10.4 Å². The van der Waals surface area contributed by atoms with E-state index in [4.69, 9.17) is 0 Å². The molecule has 0 saturated carbocycles. The molecule has 0 spiro atoms. The van der Waals surface area contributed by atoms with Crippen molar-refractivity contribution in [2.24, 2.45) is 0 Å². The van der Waals surface area contributed by atoms with Crippen LogP contribution in [-0.4, -0.2) is 21.6 Å². The normalized spacial score (nSPS) is 13.4. The molecule has 2 amide bonds. The highest BCUT2D eigenvalue weighted by atomic mass is 16.2. The molecule has 1 aromatic heterocycles. The summed E-state index contributed by atoms with van der Waals surface area (Å²) in [5, 5.41) is 7.21. The molecule has 28 heavy (non-hydrogen) atoms. The van der Waals surface area contributed by atoms with Crippen molar-refractivity contribution in [2.75, 3.05) is 10.2 Å². The van der Waals surface area contributed by atoms with E-state index in [0.29, 0.717) is 25.1 Å². The molecule has 1 N–H and O–H groups in total. The van der Waals surface area contributed by atoms with Gasteiger partial charge in [0, 0.05) is 23.7 Å². The standard InChI is InChI=1S/C22H22N4O2/c1-15-3-4-16(2)19(13-15)24-22(28)18-7-5-17(6-8-18)14-25-20-9-11-23-26(20)12-10-21(25)27/h3-9,11,13H,10,12,14H2,1-2H3,(H,24,28). The van der Waals surface area contributed by atoms with E-state index < -0.39 is 0 Å². The summed E-state index contributed by atoms with van der Waals surface area (Å²) in [6.07, 6.45) is 2.16. The second kappa shape index (κ2) is 7.31. The molecule has 2 aromatic carbocycles. The lowest BCUT2D eigenvalue weighted by Gasteiger charge is -2.27. The van der Waals surface area contributed by atoms with Crippen molar-refractivity contribution < 1.29 is 9.59 Å². The Bertz CT molecular complexity index is 1040. The zero-order valence-electron chi connectivity index (χ0n) is 16.0. The molecule has 4 rings (SSSR count). The number of anilines is 2. The van der Waals surface area contributed by atoms with Gasteiger partial charge in [0.05, 0.1) is 19.3 Å². The van der Waals surface area contributed by atoms with Crippen LogP contribution >= 0.6 is 0 Å². The number of hydrogen-bond donors (Lipinski definition) is 1. The van der Waals surface area contributed by atoms with Gasteiger partial charge >= 0.3 is 0 Å². The maximum Gasteiger partial charge on any atom is 0.255 e. The number of nitrogens with one attached hydrogen (secondary N) is 1. The van der Waals surface area contributed by atoms with Gasteiger partial charge in [-0.3, -0.25) is 14.5 Å². The minimum Gasteiger partial charge on any atom is -0.322 e. The summed E-state index contributed by atoms with van der Waals surface area (Å²) in [6.45, 7) is 5.05. The number of carbonyl (C=O) groups is 2. The maximum atomic E-state index is 12.6. The predicted molar refractivity (Wildman–Crippen MR) is 108 cm³/mol. The van der Waals surface area contributed by atoms with E-state index in [1.54, 1.807) is 23.2 Å². The molecule has 1 aliphatic heterocycles. The van der Waals surface area contributed by atoms with Gasteiger partial charge in [0.2, 0.25) is 5.91 Å². The SMILES string of the molecule is Cc1ccc(C)c(NC(=O)c2ccc(CN3C(=O)CCn4nccc43)cc2)c1. The Hall–Kier alpha value is -3.41. The summed E-state index contributed by atoms with van der Waals surface area (Å²) < 4.78 is 1.84. The fraction of sp³-hybridized carbons (Fsp3) is 0.227. The van der Waals surface area contributed by atoms with E-state index in [1.807, 2.05) is 54.9 Å². The zero-order chi connectivity index (χ0) is 19.7. The first kappa shape index (κ1) is 18.0. The number of benzene rings is 2. The van der Waals surface area contributed by atoms with Crippen LogP contribution < -0.4 is 10.2 Å². The zero-order valence-corrected chi connectivity index (χ0v) is 16.0. The van der Waals surface area contributed by atoms with Crippen molar-refractivity contribution >= 4 is 23.3 Å². The maximum absolute atomic E-state index is 12.6. The number of hydrogen-bond acceptors (Lipinski definition) is 3. The van der Waals surface area contributed by atoms with Crippen molar-refractivity contribution in [3.05, 3.63) is 77.0 Å². The van der Waals surface area contributed by atoms with E-state index in [0.717, 1.165) is 28.2 Å². The summed E-state index contributed by atoms with van der Waals surface area (Å²) in [7, 11) is 0. The Balaban J connectivity index is 1.48. The number of aromatic nitrogens is 2. The van der Waals surface area contributed by atoms with Crippen LogP contribution in [0.4, 0.5) is 11.5 Å². The Morgan fingerprint density at radius 2 is 1.89 bits per heavy atom. The second-order valence-corrected chi connectivity index (χ2v) is 7.11.